The predicted octanol–water partition coefficient (Wildman–Crippen LogP) is 14.0. The molecule has 0 saturated heterocycles. The van der Waals surface area contributed by atoms with Crippen LogP contribution in [0.5, 0.6) is 0 Å². The van der Waals surface area contributed by atoms with E-state index in [0.717, 1.165) is 89.9 Å². The fraction of sp³-hybridized carbons (Fsp3) is 0.673. The Hall–Kier alpha value is -2.62. The van der Waals surface area contributed by atoms with Crippen LogP contribution in [-0.2, 0) is 27.9 Å². The van der Waals surface area contributed by atoms with Gasteiger partial charge in [-0.1, -0.05) is 175 Å². The number of esters is 1. The van der Waals surface area contributed by atoms with Gasteiger partial charge in [0, 0.05) is 13.0 Å². The molecule has 0 saturated carbocycles. The summed E-state index contributed by atoms with van der Waals surface area (Å²) in [6.07, 6.45) is 60.8. The summed E-state index contributed by atoms with van der Waals surface area (Å²) >= 11 is 0. The van der Waals surface area contributed by atoms with E-state index in [1.54, 1.807) is 0 Å². The van der Waals surface area contributed by atoms with Crippen LogP contribution in [0.3, 0.4) is 0 Å². The van der Waals surface area contributed by atoms with Gasteiger partial charge in [0.25, 0.3) is 0 Å². The van der Waals surface area contributed by atoms with Crippen molar-refractivity contribution in [2.45, 2.75) is 193 Å². The van der Waals surface area contributed by atoms with Gasteiger partial charge in [0.1, 0.15) is 12.2 Å². The number of unbranched alkanes of at least 4 members (excludes halogenated alkanes) is 15. The summed E-state index contributed by atoms with van der Waals surface area (Å²) < 4.78 is 33.4. The zero-order chi connectivity index (χ0) is 45.3. The van der Waals surface area contributed by atoms with Crippen LogP contribution in [0, 0.1) is 0 Å². The van der Waals surface area contributed by atoms with Crippen LogP contribution in [0.15, 0.2) is 97.2 Å². The van der Waals surface area contributed by atoms with Gasteiger partial charge in [-0.15, -0.1) is 0 Å². The lowest BCUT2D eigenvalue weighted by atomic mass is 10.1. The first kappa shape index (κ1) is 59.4. The maximum atomic E-state index is 12.7. The van der Waals surface area contributed by atoms with Gasteiger partial charge in [0.2, 0.25) is 0 Å². The standard InChI is InChI=1S/C52H89O9P/c1-3-5-7-9-11-13-15-17-19-21-23-24-25-27-29-31-33-35-37-39-41-43-45-58-48-51(49-60-62(56,57)59-47-50(54)46-53)61-52(55)44-42-40-38-36-34-32-30-28-26-22-20-18-16-14-12-10-8-6-4-2/h6,8,12,14-15,17-18,20-21,23,25-28,32,34,50-51,53-54H,3-5,7,9-11,13,16,19,22,24,29-31,33,35-49H2,1-2H3,(H,56,57)/b8-6-,14-12-,17-15-,20-18-,23-21-,27-25-,28-26-,34-32-. The summed E-state index contributed by atoms with van der Waals surface area (Å²) in [6.45, 7) is 3.31. The lowest BCUT2D eigenvalue weighted by molar-refractivity contribution is -0.154. The smallest absolute Gasteiger partial charge is 0.457 e. The third-order valence-electron chi connectivity index (χ3n) is 9.75. The van der Waals surface area contributed by atoms with Crippen LogP contribution in [-0.4, -0.2) is 66.3 Å². The highest BCUT2D eigenvalue weighted by atomic mass is 31.2. The van der Waals surface area contributed by atoms with Crippen molar-refractivity contribution < 1.29 is 43.0 Å². The van der Waals surface area contributed by atoms with Gasteiger partial charge in [-0.25, -0.2) is 4.57 Å². The maximum Gasteiger partial charge on any atom is 0.472 e. The average molecular weight is 889 g/mol. The number of carbonyl (C=O) groups excluding carboxylic acids is 1. The Morgan fingerprint density at radius 3 is 1.39 bits per heavy atom. The van der Waals surface area contributed by atoms with Crippen molar-refractivity contribution in [3.63, 3.8) is 0 Å². The number of ether oxygens (including phenoxy) is 2. The molecule has 0 aliphatic carbocycles. The molecule has 0 aliphatic rings. The Balaban J connectivity index is 4.22. The molecular weight excluding hydrogens is 800 g/mol. The molecule has 356 valence electrons. The fourth-order valence-corrected chi connectivity index (χ4v) is 6.88. The van der Waals surface area contributed by atoms with Crippen molar-refractivity contribution in [3.8, 4) is 0 Å². The molecule has 0 heterocycles. The van der Waals surface area contributed by atoms with E-state index < -0.39 is 45.8 Å². The number of phosphoric ester groups is 1. The Morgan fingerprint density at radius 2 is 0.919 bits per heavy atom. The molecule has 0 amide bonds. The average Bonchev–Trinajstić information content (AvgIpc) is 3.26. The Kier molecular flexibility index (Phi) is 45.8. The summed E-state index contributed by atoms with van der Waals surface area (Å²) in [5, 5.41) is 18.4. The molecule has 62 heavy (non-hydrogen) atoms. The van der Waals surface area contributed by atoms with Gasteiger partial charge in [-0.2, -0.15) is 0 Å². The Bertz CT molecular complexity index is 1280. The highest BCUT2D eigenvalue weighted by Crippen LogP contribution is 2.43. The molecule has 9 nitrogen and oxygen atoms in total. The van der Waals surface area contributed by atoms with Gasteiger partial charge in [-0.05, 0) is 96.3 Å². The van der Waals surface area contributed by atoms with Gasteiger partial charge in [0.15, 0.2) is 0 Å². The predicted molar refractivity (Wildman–Crippen MR) is 260 cm³/mol. The molecule has 3 atom stereocenters. The lowest BCUT2D eigenvalue weighted by Crippen LogP contribution is -2.29. The van der Waals surface area contributed by atoms with E-state index in [9.17, 15) is 19.4 Å². The van der Waals surface area contributed by atoms with Crippen molar-refractivity contribution in [2.24, 2.45) is 0 Å². The van der Waals surface area contributed by atoms with Crippen molar-refractivity contribution in [3.05, 3.63) is 97.2 Å². The van der Waals surface area contributed by atoms with Crippen LogP contribution in [0.25, 0.3) is 0 Å². The zero-order valence-corrected chi connectivity index (χ0v) is 39.9. The first-order chi connectivity index (χ1) is 30.3. The molecule has 0 aromatic carbocycles. The minimum Gasteiger partial charge on any atom is -0.457 e. The summed E-state index contributed by atoms with van der Waals surface area (Å²) in [6, 6.07) is 0. The fourth-order valence-electron chi connectivity index (χ4n) is 6.09. The largest absolute Gasteiger partial charge is 0.472 e. The summed E-state index contributed by atoms with van der Waals surface area (Å²) in [5.74, 6) is -0.421. The van der Waals surface area contributed by atoms with Crippen LogP contribution in [0.1, 0.15) is 181 Å². The monoisotopic (exact) mass is 889 g/mol. The molecule has 0 aromatic rings. The molecule has 0 radical (unpaired) electrons. The number of aliphatic hydroxyl groups excluding tert-OH is 2. The van der Waals surface area contributed by atoms with Gasteiger partial charge < -0.3 is 24.6 Å². The molecule has 0 aromatic heterocycles. The number of hydrogen-bond acceptors (Lipinski definition) is 8. The second-order valence-electron chi connectivity index (χ2n) is 15.7. The molecule has 3 N–H and O–H groups in total. The highest BCUT2D eigenvalue weighted by molar-refractivity contribution is 7.47. The van der Waals surface area contributed by atoms with Crippen LogP contribution in [0.2, 0.25) is 0 Å². The first-order valence-corrected chi connectivity index (χ1v) is 25.7. The SMILES string of the molecule is CC/C=C\C/C=C\C/C=C\C/C=C\C/C=C\CCCCCC(=O)OC(COCCCCCCCCC/C=C\C/C=C\C/C=C\CCCCCCC)COP(=O)(O)OCC(O)CO. The number of allylic oxidation sites excluding steroid dienone is 16. The van der Waals surface area contributed by atoms with E-state index in [0.29, 0.717) is 13.0 Å². The molecule has 10 heteroatoms. The molecular formula is C52H89O9P. The normalized spacial score (nSPS) is 14.7. The van der Waals surface area contributed by atoms with Crippen molar-refractivity contribution in [1.29, 1.82) is 0 Å². The molecule has 3 unspecified atom stereocenters. The van der Waals surface area contributed by atoms with E-state index in [-0.39, 0.29) is 13.0 Å². The number of aliphatic hydroxyl groups is 2. The van der Waals surface area contributed by atoms with E-state index in [1.807, 2.05) is 0 Å². The summed E-state index contributed by atoms with van der Waals surface area (Å²) in [7, 11) is -4.54. The van der Waals surface area contributed by atoms with Crippen molar-refractivity contribution in [1.82, 2.24) is 0 Å². The molecule has 0 rings (SSSR count). The van der Waals surface area contributed by atoms with Crippen molar-refractivity contribution in [2.75, 3.05) is 33.0 Å². The second-order valence-corrected chi connectivity index (χ2v) is 17.2. The van der Waals surface area contributed by atoms with Crippen molar-refractivity contribution >= 4 is 13.8 Å². The van der Waals surface area contributed by atoms with E-state index in [1.165, 1.54) is 64.2 Å². The van der Waals surface area contributed by atoms with E-state index in [2.05, 4.69) is 111 Å². The minimum atomic E-state index is -4.54. The molecule has 0 fully saturated rings. The number of phosphoric acid groups is 1. The molecule has 0 spiro atoms. The highest BCUT2D eigenvalue weighted by Gasteiger charge is 2.26. The summed E-state index contributed by atoms with van der Waals surface area (Å²) in [4.78, 5) is 22.6. The molecule has 0 aliphatic heterocycles. The zero-order valence-electron chi connectivity index (χ0n) is 39.1. The minimum absolute atomic E-state index is 0.0225. The number of rotatable bonds is 45. The van der Waals surface area contributed by atoms with E-state index >= 15 is 0 Å². The summed E-state index contributed by atoms with van der Waals surface area (Å²) in [5.41, 5.74) is 0. The Morgan fingerprint density at radius 1 is 0.516 bits per heavy atom. The second kappa shape index (κ2) is 47.8. The van der Waals surface area contributed by atoms with Gasteiger partial charge in [0.05, 0.1) is 26.4 Å². The topological polar surface area (TPSA) is 132 Å². The number of carbonyl (C=O) groups is 1. The third kappa shape index (κ3) is 46.9. The van der Waals surface area contributed by atoms with Gasteiger partial charge >= 0.3 is 13.8 Å². The van der Waals surface area contributed by atoms with E-state index in [4.69, 9.17) is 23.6 Å². The lowest BCUT2D eigenvalue weighted by Gasteiger charge is -2.20. The van der Waals surface area contributed by atoms with Crippen LogP contribution in [0.4, 0.5) is 0 Å². The maximum absolute atomic E-state index is 12.7. The quantitative estimate of drug-likeness (QED) is 0.0237. The van der Waals surface area contributed by atoms with Crippen LogP contribution >= 0.6 is 7.82 Å². The number of hydrogen-bond donors (Lipinski definition) is 3. The third-order valence-corrected chi connectivity index (χ3v) is 10.7. The van der Waals surface area contributed by atoms with Gasteiger partial charge in [-0.3, -0.25) is 13.8 Å². The Labute approximate surface area is 378 Å². The molecule has 0 bridgehead atoms. The first-order valence-electron chi connectivity index (χ1n) is 24.2. The van der Waals surface area contributed by atoms with Crippen LogP contribution < -0.4 is 0 Å².